The van der Waals surface area contributed by atoms with Crippen LogP contribution in [0.3, 0.4) is 0 Å². The van der Waals surface area contributed by atoms with Crippen molar-refractivity contribution in [2.24, 2.45) is 0 Å². The van der Waals surface area contributed by atoms with Crippen LogP contribution in [0.25, 0.3) is 11.0 Å². The number of aromatic nitrogens is 3. The topological polar surface area (TPSA) is 75.5 Å². The quantitative estimate of drug-likeness (QED) is 0.489. The Bertz CT molecular complexity index is 1010. The molecule has 3 aromatic rings. The Morgan fingerprint density at radius 1 is 1.21 bits per heavy atom. The number of halogens is 2. The van der Waals surface area contributed by atoms with Gasteiger partial charge in [0.1, 0.15) is 18.0 Å². The summed E-state index contributed by atoms with van der Waals surface area (Å²) in [5, 5.41) is 0.497. The molecule has 0 aliphatic carbocycles. The fourth-order valence-electron chi connectivity index (χ4n) is 2.45. The standard InChI is InChI=1S/C19H19BrClN3O4/c1-19(2,3)28-18(25)24-9-13(20)14-15(24)22-17(21)23-16(14)27-10-11-5-7-12(26-4)8-6-11/h5-9H,10H2,1-4H3. The number of benzene rings is 1. The molecule has 3 rings (SSSR count). The van der Waals surface area contributed by atoms with Crippen molar-refractivity contribution in [3.8, 4) is 11.6 Å². The van der Waals surface area contributed by atoms with E-state index in [0.717, 1.165) is 11.3 Å². The van der Waals surface area contributed by atoms with Crippen LogP contribution in [-0.4, -0.2) is 33.3 Å². The van der Waals surface area contributed by atoms with Crippen LogP contribution in [0.15, 0.2) is 34.9 Å². The molecule has 148 valence electrons. The van der Waals surface area contributed by atoms with E-state index < -0.39 is 11.7 Å². The third-order valence-electron chi connectivity index (χ3n) is 3.66. The summed E-state index contributed by atoms with van der Waals surface area (Å²) in [5.74, 6) is 1.02. The lowest BCUT2D eigenvalue weighted by atomic mass is 10.2. The molecule has 0 atom stereocenters. The van der Waals surface area contributed by atoms with Gasteiger partial charge in [0.15, 0.2) is 5.65 Å². The first-order valence-corrected chi connectivity index (χ1v) is 9.58. The molecule has 0 unspecified atom stereocenters. The average Bonchev–Trinajstić information content (AvgIpc) is 2.95. The summed E-state index contributed by atoms with van der Waals surface area (Å²) in [6.45, 7) is 5.63. The summed E-state index contributed by atoms with van der Waals surface area (Å²) < 4.78 is 18.3. The Morgan fingerprint density at radius 3 is 2.50 bits per heavy atom. The van der Waals surface area contributed by atoms with E-state index >= 15 is 0 Å². The summed E-state index contributed by atoms with van der Waals surface area (Å²) in [7, 11) is 1.61. The second-order valence-electron chi connectivity index (χ2n) is 6.96. The highest BCUT2D eigenvalue weighted by molar-refractivity contribution is 9.10. The van der Waals surface area contributed by atoms with Crippen molar-refractivity contribution < 1.29 is 19.0 Å². The molecule has 0 saturated heterocycles. The average molecular weight is 469 g/mol. The summed E-state index contributed by atoms with van der Waals surface area (Å²) in [4.78, 5) is 20.9. The highest BCUT2D eigenvalue weighted by Crippen LogP contribution is 2.33. The summed E-state index contributed by atoms with van der Waals surface area (Å²) in [6, 6.07) is 7.46. The molecular weight excluding hydrogens is 450 g/mol. The number of carbonyl (C=O) groups excluding carboxylic acids is 1. The highest BCUT2D eigenvalue weighted by Gasteiger charge is 2.24. The van der Waals surface area contributed by atoms with Crippen LogP contribution in [0.4, 0.5) is 4.79 Å². The summed E-state index contributed by atoms with van der Waals surface area (Å²) in [6.07, 6.45) is 0.989. The molecule has 9 heteroatoms. The van der Waals surface area contributed by atoms with Gasteiger partial charge in [-0.3, -0.25) is 0 Å². The van der Waals surface area contributed by atoms with Crippen LogP contribution in [0.1, 0.15) is 26.3 Å². The molecule has 0 saturated carbocycles. The molecule has 0 aliphatic rings. The van der Waals surface area contributed by atoms with E-state index in [-0.39, 0.29) is 17.8 Å². The molecule has 0 radical (unpaired) electrons. The predicted molar refractivity (Wildman–Crippen MR) is 109 cm³/mol. The number of fused-ring (bicyclic) bond motifs is 1. The second-order valence-corrected chi connectivity index (χ2v) is 8.15. The van der Waals surface area contributed by atoms with E-state index in [1.807, 2.05) is 24.3 Å². The zero-order valence-electron chi connectivity index (χ0n) is 15.8. The highest BCUT2D eigenvalue weighted by atomic mass is 79.9. The number of nitrogens with zero attached hydrogens (tertiary/aromatic N) is 3. The van der Waals surface area contributed by atoms with Crippen LogP contribution >= 0.6 is 27.5 Å². The Morgan fingerprint density at radius 2 is 1.89 bits per heavy atom. The number of hydrogen-bond donors (Lipinski definition) is 0. The fourth-order valence-corrected chi connectivity index (χ4v) is 3.16. The van der Waals surface area contributed by atoms with E-state index in [9.17, 15) is 4.79 Å². The molecule has 0 fully saturated rings. The molecule has 0 spiro atoms. The maximum absolute atomic E-state index is 12.5. The van der Waals surface area contributed by atoms with Gasteiger partial charge in [-0.1, -0.05) is 12.1 Å². The third kappa shape index (κ3) is 4.56. The molecular formula is C19H19BrClN3O4. The largest absolute Gasteiger partial charge is 0.497 e. The van der Waals surface area contributed by atoms with Gasteiger partial charge in [-0.25, -0.2) is 9.36 Å². The van der Waals surface area contributed by atoms with Gasteiger partial charge < -0.3 is 14.2 Å². The zero-order valence-corrected chi connectivity index (χ0v) is 18.2. The fraction of sp³-hybridized carbons (Fsp3) is 0.316. The van der Waals surface area contributed by atoms with Gasteiger partial charge in [-0.05, 0) is 66.0 Å². The minimum absolute atomic E-state index is 0.0346. The number of carbonyl (C=O) groups is 1. The minimum Gasteiger partial charge on any atom is -0.497 e. The van der Waals surface area contributed by atoms with Gasteiger partial charge in [0.2, 0.25) is 11.2 Å². The van der Waals surface area contributed by atoms with Crippen LogP contribution in [-0.2, 0) is 11.3 Å². The maximum atomic E-state index is 12.5. The second kappa shape index (κ2) is 7.97. The molecule has 28 heavy (non-hydrogen) atoms. The summed E-state index contributed by atoms with van der Waals surface area (Å²) in [5.41, 5.74) is 0.572. The van der Waals surface area contributed by atoms with Gasteiger partial charge in [-0.2, -0.15) is 9.97 Å². The van der Waals surface area contributed by atoms with Gasteiger partial charge in [-0.15, -0.1) is 0 Å². The van der Waals surface area contributed by atoms with Crippen LogP contribution < -0.4 is 9.47 Å². The molecule has 2 heterocycles. The lowest BCUT2D eigenvalue weighted by Gasteiger charge is -2.19. The van der Waals surface area contributed by atoms with Gasteiger partial charge in [0.05, 0.1) is 17.0 Å². The predicted octanol–water partition coefficient (Wildman–Crippen LogP) is 5.22. The summed E-state index contributed by atoms with van der Waals surface area (Å²) >= 11 is 9.50. The first-order valence-electron chi connectivity index (χ1n) is 8.41. The normalized spacial score (nSPS) is 11.5. The van der Waals surface area contributed by atoms with Crippen molar-refractivity contribution in [3.05, 3.63) is 45.8 Å². The van der Waals surface area contributed by atoms with Crippen molar-refractivity contribution in [3.63, 3.8) is 0 Å². The Kier molecular flexibility index (Phi) is 5.81. The van der Waals surface area contributed by atoms with Crippen LogP contribution in [0, 0.1) is 0 Å². The molecule has 0 amide bonds. The van der Waals surface area contributed by atoms with Gasteiger partial charge in [0, 0.05) is 6.20 Å². The van der Waals surface area contributed by atoms with Crippen LogP contribution in [0.2, 0.25) is 5.28 Å². The molecule has 2 aromatic heterocycles. The van der Waals surface area contributed by atoms with E-state index in [0.29, 0.717) is 15.5 Å². The van der Waals surface area contributed by atoms with E-state index in [1.165, 1.54) is 4.57 Å². The van der Waals surface area contributed by atoms with Crippen molar-refractivity contribution in [1.82, 2.24) is 14.5 Å². The number of methoxy groups -OCH3 is 1. The van der Waals surface area contributed by atoms with Crippen LogP contribution in [0.5, 0.6) is 11.6 Å². The van der Waals surface area contributed by atoms with Crippen molar-refractivity contribution in [1.29, 1.82) is 0 Å². The lowest BCUT2D eigenvalue weighted by Crippen LogP contribution is -2.26. The van der Waals surface area contributed by atoms with Crippen molar-refractivity contribution >= 4 is 44.7 Å². The van der Waals surface area contributed by atoms with Crippen molar-refractivity contribution in [2.45, 2.75) is 33.0 Å². The monoisotopic (exact) mass is 467 g/mol. The SMILES string of the molecule is COc1ccc(COc2nc(Cl)nc3c2c(Br)cn3C(=O)OC(C)(C)C)cc1. The molecule has 0 bridgehead atoms. The van der Waals surface area contributed by atoms with E-state index in [2.05, 4.69) is 25.9 Å². The number of ether oxygens (including phenoxy) is 3. The third-order valence-corrected chi connectivity index (χ3v) is 4.43. The molecule has 0 aliphatic heterocycles. The number of rotatable bonds is 4. The number of hydrogen-bond acceptors (Lipinski definition) is 6. The minimum atomic E-state index is -0.648. The lowest BCUT2D eigenvalue weighted by molar-refractivity contribution is 0.0543. The Labute approximate surface area is 175 Å². The smallest absolute Gasteiger partial charge is 0.420 e. The van der Waals surface area contributed by atoms with Gasteiger partial charge in [0.25, 0.3) is 0 Å². The van der Waals surface area contributed by atoms with Crippen molar-refractivity contribution in [2.75, 3.05) is 7.11 Å². The molecule has 1 aromatic carbocycles. The van der Waals surface area contributed by atoms with Gasteiger partial charge >= 0.3 is 6.09 Å². The maximum Gasteiger partial charge on any atom is 0.420 e. The molecule has 7 nitrogen and oxygen atoms in total. The Hall–Kier alpha value is -2.32. The van der Waals surface area contributed by atoms with E-state index in [1.54, 1.807) is 34.1 Å². The first kappa shape index (κ1) is 20.4. The molecule has 0 N–H and O–H groups in total. The Balaban J connectivity index is 1.93. The van der Waals surface area contributed by atoms with E-state index in [4.69, 9.17) is 25.8 Å². The first-order chi connectivity index (χ1) is 13.2. The zero-order chi connectivity index (χ0) is 20.5.